The summed E-state index contributed by atoms with van der Waals surface area (Å²) in [5.41, 5.74) is -3.78. The molecule has 0 aliphatic heterocycles. The summed E-state index contributed by atoms with van der Waals surface area (Å²) >= 11 is 0. The van der Waals surface area contributed by atoms with E-state index < -0.39 is 41.8 Å². The highest BCUT2D eigenvalue weighted by Gasteiger charge is 2.55. The minimum absolute atomic E-state index is 0.0423. The zero-order valence-corrected chi connectivity index (χ0v) is 12.6. The average Bonchev–Trinajstić information content (AvgIpc) is 2.96. The third-order valence-corrected chi connectivity index (χ3v) is 4.99. The quantitative estimate of drug-likeness (QED) is 0.416. The molecule has 4 atom stereocenters. The first-order valence-corrected chi connectivity index (χ1v) is 7.38. The van der Waals surface area contributed by atoms with E-state index in [0.717, 1.165) is 26.2 Å². The van der Waals surface area contributed by atoms with Gasteiger partial charge in [0, 0.05) is 5.92 Å². The van der Waals surface area contributed by atoms with Crippen molar-refractivity contribution in [2.45, 2.75) is 57.0 Å². The first-order chi connectivity index (χ1) is 10.3. The molecule has 2 bridgehead atoms. The minimum Gasteiger partial charge on any atom is -0.455 e. The van der Waals surface area contributed by atoms with E-state index in [2.05, 4.69) is 6.58 Å². The lowest BCUT2D eigenvalue weighted by atomic mass is 9.75. The van der Waals surface area contributed by atoms with Crippen LogP contribution in [0.25, 0.3) is 0 Å². The van der Waals surface area contributed by atoms with Crippen LogP contribution in [-0.4, -0.2) is 23.9 Å². The molecule has 0 aromatic heterocycles. The number of halogens is 6. The Labute approximate surface area is 129 Å². The van der Waals surface area contributed by atoms with Gasteiger partial charge in [0.25, 0.3) is 0 Å². The van der Waals surface area contributed by atoms with E-state index in [0.29, 0.717) is 6.42 Å². The van der Waals surface area contributed by atoms with Gasteiger partial charge in [-0.3, -0.25) is 0 Å². The lowest BCUT2D eigenvalue weighted by Gasteiger charge is -2.40. The maximum absolute atomic E-state index is 12.9. The van der Waals surface area contributed by atoms with Crippen molar-refractivity contribution in [3.63, 3.8) is 0 Å². The molecule has 0 radical (unpaired) electrons. The predicted octanol–water partition coefficient (Wildman–Crippen LogP) is 4.80. The second kappa shape index (κ2) is 5.70. The van der Waals surface area contributed by atoms with Crippen LogP contribution in [0.15, 0.2) is 12.2 Å². The number of carbonyl (C=O) groups is 1. The fourth-order valence-electron chi connectivity index (χ4n) is 4.02. The van der Waals surface area contributed by atoms with Crippen molar-refractivity contribution in [2.75, 3.05) is 0 Å². The first-order valence-electron chi connectivity index (χ1n) is 7.38. The molecule has 0 amide bonds. The topological polar surface area (TPSA) is 26.3 Å². The van der Waals surface area contributed by atoms with Crippen LogP contribution in [0.5, 0.6) is 0 Å². The van der Waals surface area contributed by atoms with Gasteiger partial charge >= 0.3 is 18.3 Å². The lowest BCUT2D eigenvalue weighted by Crippen LogP contribution is -2.46. The number of hydrogen-bond donors (Lipinski definition) is 0. The van der Waals surface area contributed by atoms with Gasteiger partial charge in [0.15, 0.2) is 0 Å². The highest BCUT2D eigenvalue weighted by atomic mass is 19.4. The van der Waals surface area contributed by atoms with E-state index in [4.69, 9.17) is 4.74 Å². The zero-order chi connectivity index (χ0) is 17.6. The Hall–Kier alpha value is -1.21. The number of alkyl halides is 6. The van der Waals surface area contributed by atoms with Crippen molar-refractivity contribution in [3.05, 3.63) is 12.2 Å². The summed E-state index contributed by atoms with van der Waals surface area (Å²) in [6.45, 7) is 3.69. The summed E-state index contributed by atoms with van der Waals surface area (Å²) in [5.74, 6) is -2.18. The summed E-state index contributed by atoms with van der Waals surface area (Å²) in [6.07, 6.45) is -8.29. The molecule has 2 aliphatic rings. The van der Waals surface area contributed by atoms with Gasteiger partial charge < -0.3 is 4.74 Å². The van der Waals surface area contributed by atoms with Crippen LogP contribution < -0.4 is 0 Å². The van der Waals surface area contributed by atoms with Crippen molar-refractivity contribution in [2.24, 2.45) is 17.8 Å². The molecule has 2 fully saturated rings. The zero-order valence-electron chi connectivity index (χ0n) is 12.6. The van der Waals surface area contributed by atoms with Crippen LogP contribution in [-0.2, 0) is 9.53 Å². The first kappa shape index (κ1) is 18.1. The molecule has 0 saturated heterocycles. The number of fused-ring (bicyclic) bond motifs is 2. The number of ether oxygens (including phenoxy) is 1. The largest absolute Gasteiger partial charge is 0.455 e. The number of rotatable bonds is 4. The van der Waals surface area contributed by atoms with Crippen LogP contribution in [0, 0.1) is 17.8 Å². The molecule has 2 rings (SSSR count). The average molecular weight is 344 g/mol. The Balaban J connectivity index is 2.21. The molecule has 2 aliphatic carbocycles. The third kappa shape index (κ3) is 4.01. The monoisotopic (exact) mass is 344 g/mol. The molecule has 4 unspecified atom stereocenters. The van der Waals surface area contributed by atoms with E-state index in [-0.39, 0.29) is 11.8 Å². The molecule has 0 N–H and O–H groups in total. The SMILES string of the molecule is C=C(C(=O)OC(C)(CC(F)(F)F)C1CC2CCC1C2)C(F)(F)F. The molecule has 2 saturated carbocycles. The lowest BCUT2D eigenvalue weighted by molar-refractivity contribution is -0.207. The number of carbonyl (C=O) groups excluding carboxylic acids is 1. The maximum atomic E-state index is 12.9. The second-order valence-corrected chi connectivity index (χ2v) is 6.75. The van der Waals surface area contributed by atoms with Gasteiger partial charge in [0.1, 0.15) is 11.2 Å². The molecule has 0 heterocycles. The molecule has 132 valence electrons. The Kier molecular flexibility index (Phi) is 4.50. The highest BCUT2D eigenvalue weighted by molar-refractivity contribution is 5.89. The number of esters is 1. The smallest absolute Gasteiger partial charge is 0.422 e. The normalized spacial score (nSPS) is 30.1. The molecular weight excluding hydrogens is 326 g/mol. The molecular formula is C15H18F6O2. The Morgan fingerprint density at radius 2 is 1.74 bits per heavy atom. The van der Waals surface area contributed by atoms with E-state index in [1.165, 1.54) is 0 Å². The van der Waals surface area contributed by atoms with E-state index in [9.17, 15) is 31.1 Å². The summed E-state index contributed by atoms with van der Waals surface area (Å²) in [4.78, 5) is 11.6. The minimum atomic E-state index is -5.02. The van der Waals surface area contributed by atoms with Crippen LogP contribution in [0.4, 0.5) is 26.3 Å². The van der Waals surface area contributed by atoms with Crippen molar-refractivity contribution in [1.29, 1.82) is 0 Å². The fourth-order valence-corrected chi connectivity index (χ4v) is 4.02. The fraction of sp³-hybridized carbons (Fsp3) is 0.800. The molecule has 0 aromatic carbocycles. The standard InChI is InChI=1S/C15H18F6O2/c1-8(15(19,20)21)12(22)23-13(2,7-14(16,17)18)11-6-9-3-4-10(11)5-9/h9-11H,1,3-7H2,2H3. The van der Waals surface area contributed by atoms with Crippen LogP contribution in [0.1, 0.15) is 39.0 Å². The van der Waals surface area contributed by atoms with Gasteiger partial charge in [-0.2, -0.15) is 26.3 Å². The summed E-state index contributed by atoms with van der Waals surface area (Å²) in [5, 5.41) is 0. The van der Waals surface area contributed by atoms with Crippen molar-refractivity contribution in [1.82, 2.24) is 0 Å². The molecule has 0 spiro atoms. The Morgan fingerprint density at radius 3 is 2.13 bits per heavy atom. The van der Waals surface area contributed by atoms with Crippen LogP contribution >= 0.6 is 0 Å². The summed E-state index contributed by atoms with van der Waals surface area (Å²) in [7, 11) is 0. The predicted molar refractivity (Wildman–Crippen MR) is 69.3 cm³/mol. The van der Waals surface area contributed by atoms with E-state index in [1.54, 1.807) is 0 Å². The van der Waals surface area contributed by atoms with Gasteiger partial charge in [-0.25, -0.2) is 4.79 Å². The van der Waals surface area contributed by atoms with E-state index in [1.807, 2.05) is 0 Å². The van der Waals surface area contributed by atoms with Crippen LogP contribution in [0.3, 0.4) is 0 Å². The third-order valence-electron chi connectivity index (χ3n) is 4.99. The Morgan fingerprint density at radius 1 is 1.13 bits per heavy atom. The second-order valence-electron chi connectivity index (χ2n) is 6.75. The molecule has 23 heavy (non-hydrogen) atoms. The van der Waals surface area contributed by atoms with Crippen molar-refractivity contribution in [3.8, 4) is 0 Å². The molecule has 2 nitrogen and oxygen atoms in total. The summed E-state index contributed by atoms with van der Waals surface area (Å²) < 4.78 is 81.0. The maximum Gasteiger partial charge on any atom is 0.422 e. The van der Waals surface area contributed by atoms with Crippen LogP contribution in [0.2, 0.25) is 0 Å². The Bertz CT molecular complexity index is 495. The van der Waals surface area contributed by atoms with E-state index >= 15 is 0 Å². The number of hydrogen-bond acceptors (Lipinski definition) is 2. The molecule has 0 aromatic rings. The molecule has 8 heteroatoms. The van der Waals surface area contributed by atoms with Gasteiger partial charge in [-0.05, 0) is 38.0 Å². The van der Waals surface area contributed by atoms with Crippen molar-refractivity contribution >= 4 is 5.97 Å². The highest BCUT2D eigenvalue weighted by Crippen LogP contribution is 2.55. The van der Waals surface area contributed by atoms with Gasteiger partial charge in [0.05, 0.1) is 6.42 Å². The van der Waals surface area contributed by atoms with Gasteiger partial charge in [0.2, 0.25) is 0 Å². The summed E-state index contributed by atoms with van der Waals surface area (Å²) in [6, 6.07) is 0. The van der Waals surface area contributed by atoms with Gasteiger partial charge in [-0.15, -0.1) is 0 Å². The van der Waals surface area contributed by atoms with Gasteiger partial charge in [-0.1, -0.05) is 13.0 Å². The van der Waals surface area contributed by atoms with Crippen molar-refractivity contribution < 1.29 is 35.9 Å².